The molecule has 0 unspecified atom stereocenters. The average molecular weight is 414 g/mol. The molecule has 4 aromatic rings. The molecule has 0 bridgehead atoms. The molecule has 5 rings (SSSR count). The first-order valence-electron chi connectivity index (χ1n) is 11.0. The van der Waals surface area contributed by atoms with Gasteiger partial charge in [0.1, 0.15) is 5.82 Å². The summed E-state index contributed by atoms with van der Waals surface area (Å²) in [6, 6.07) is 14.8. The number of pyridine rings is 1. The number of aryl methyl sites for hydroxylation is 3. The van der Waals surface area contributed by atoms with Crippen LogP contribution in [-0.4, -0.2) is 52.3 Å². The zero-order valence-electron chi connectivity index (χ0n) is 18.5. The molecule has 1 aliphatic rings. The van der Waals surface area contributed by atoms with Crippen LogP contribution in [0.25, 0.3) is 22.8 Å². The first-order valence-corrected chi connectivity index (χ1v) is 11.0. The van der Waals surface area contributed by atoms with Crippen molar-refractivity contribution in [1.29, 1.82) is 0 Å². The number of quaternary nitrogens is 1. The van der Waals surface area contributed by atoms with Crippen molar-refractivity contribution >= 4 is 28.6 Å². The van der Waals surface area contributed by atoms with Gasteiger partial charge in [0, 0.05) is 17.5 Å². The van der Waals surface area contributed by atoms with Crippen molar-refractivity contribution in [2.45, 2.75) is 20.8 Å². The Labute approximate surface area is 182 Å². The van der Waals surface area contributed by atoms with Crippen LogP contribution in [0.2, 0.25) is 0 Å². The zero-order chi connectivity index (χ0) is 21.4. The molecule has 1 aromatic carbocycles. The monoisotopic (exact) mass is 413 g/mol. The molecule has 6 nitrogen and oxygen atoms in total. The van der Waals surface area contributed by atoms with E-state index in [1.54, 1.807) is 4.90 Å². The Hall–Kier alpha value is -3.25. The van der Waals surface area contributed by atoms with Gasteiger partial charge in [0.15, 0.2) is 11.3 Å². The summed E-state index contributed by atoms with van der Waals surface area (Å²) in [5, 5.41) is 5.90. The van der Waals surface area contributed by atoms with Gasteiger partial charge in [-0.3, -0.25) is 0 Å². The Bertz CT molecular complexity index is 1250. The van der Waals surface area contributed by atoms with Crippen molar-refractivity contribution in [2.75, 3.05) is 37.6 Å². The predicted octanol–water partition coefficient (Wildman–Crippen LogP) is 2.62. The second-order valence-electron chi connectivity index (χ2n) is 8.52. The predicted molar refractivity (Wildman–Crippen MR) is 126 cm³/mol. The van der Waals surface area contributed by atoms with Crippen molar-refractivity contribution in [3.8, 4) is 0 Å². The Morgan fingerprint density at radius 3 is 2.48 bits per heavy atom. The molecule has 0 atom stereocenters. The average Bonchev–Trinajstić information content (AvgIpc) is 3.12. The fourth-order valence-corrected chi connectivity index (χ4v) is 4.53. The van der Waals surface area contributed by atoms with Crippen LogP contribution < -0.4 is 9.80 Å². The van der Waals surface area contributed by atoms with Crippen molar-refractivity contribution in [2.24, 2.45) is 0 Å². The van der Waals surface area contributed by atoms with E-state index in [1.165, 1.54) is 11.1 Å². The minimum absolute atomic E-state index is 0.784. The summed E-state index contributed by atoms with van der Waals surface area (Å²) in [5.74, 6) is 1.12. The first kappa shape index (κ1) is 19.7. The van der Waals surface area contributed by atoms with Gasteiger partial charge in [0.25, 0.3) is 0 Å². The molecular formula is C25H29N6+. The molecule has 1 N–H and O–H groups in total. The number of hydrogen-bond acceptors (Lipinski definition) is 4. The van der Waals surface area contributed by atoms with E-state index < -0.39 is 0 Å². The smallest absolute Gasteiger partial charge is 0.184 e. The Morgan fingerprint density at radius 2 is 1.71 bits per heavy atom. The van der Waals surface area contributed by atoms with E-state index in [1.807, 2.05) is 11.4 Å². The highest BCUT2D eigenvalue weighted by atomic mass is 15.4. The van der Waals surface area contributed by atoms with Gasteiger partial charge in [-0.25, -0.2) is 9.97 Å². The van der Waals surface area contributed by atoms with Gasteiger partial charge >= 0.3 is 0 Å². The van der Waals surface area contributed by atoms with Gasteiger partial charge in [-0.2, -0.15) is 4.52 Å². The van der Waals surface area contributed by atoms with Gasteiger partial charge in [0.2, 0.25) is 0 Å². The van der Waals surface area contributed by atoms with E-state index in [2.05, 4.69) is 78.3 Å². The number of fused-ring (bicyclic) bond motifs is 3. The molecule has 1 fully saturated rings. The van der Waals surface area contributed by atoms with E-state index in [-0.39, 0.29) is 0 Å². The van der Waals surface area contributed by atoms with Gasteiger partial charge in [0.05, 0.1) is 38.1 Å². The number of piperazine rings is 1. The van der Waals surface area contributed by atoms with Gasteiger partial charge in [-0.1, -0.05) is 36.4 Å². The van der Waals surface area contributed by atoms with Crippen molar-refractivity contribution < 1.29 is 4.90 Å². The molecule has 3 aromatic heterocycles. The summed E-state index contributed by atoms with van der Waals surface area (Å²) in [7, 11) is 0. The van der Waals surface area contributed by atoms with Crippen LogP contribution >= 0.6 is 0 Å². The van der Waals surface area contributed by atoms with E-state index in [4.69, 9.17) is 10.1 Å². The van der Waals surface area contributed by atoms with Crippen LogP contribution in [0.15, 0.2) is 48.5 Å². The molecule has 1 aliphatic heterocycles. The van der Waals surface area contributed by atoms with E-state index in [0.29, 0.717) is 0 Å². The lowest BCUT2D eigenvalue weighted by atomic mass is 10.2. The SMILES string of the molecule is Cc1cc(C)c2c(n1)nn1c(N3CC[NH+](C/C=C/c4ccccc4)CC3)cc(C)nc21. The number of rotatable bonds is 4. The summed E-state index contributed by atoms with van der Waals surface area (Å²) in [6.45, 7) is 11.5. The van der Waals surface area contributed by atoms with Crippen molar-refractivity contribution in [3.05, 3.63) is 71.1 Å². The topological polar surface area (TPSA) is 50.8 Å². The molecule has 158 valence electrons. The molecule has 31 heavy (non-hydrogen) atoms. The normalized spacial score (nSPS) is 15.5. The van der Waals surface area contributed by atoms with Crippen molar-refractivity contribution in [3.63, 3.8) is 0 Å². The number of anilines is 1. The quantitative estimate of drug-likeness (QED) is 0.559. The largest absolute Gasteiger partial charge is 0.345 e. The van der Waals surface area contributed by atoms with Crippen LogP contribution in [0.4, 0.5) is 5.82 Å². The molecular weight excluding hydrogens is 384 g/mol. The number of hydrogen-bond donors (Lipinski definition) is 1. The number of aromatic nitrogens is 4. The Kier molecular flexibility index (Phi) is 5.16. The van der Waals surface area contributed by atoms with Crippen LogP contribution in [-0.2, 0) is 0 Å². The Balaban J connectivity index is 1.36. The molecule has 0 aliphatic carbocycles. The van der Waals surface area contributed by atoms with Crippen LogP contribution in [0.3, 0.4) is 0 Å². The first-order chi connectivity index (χ1) is 15.1. The van der Waals surface area contributed by atoms with Gasteiger partial charge in [-0.05, 0) is 44.0 Å². The maximum Gasteiger partial charge on any atom is 0.184 e. The summed E-state index contributed by atoms with van der Waals surface area (Å²) in [5.41, 5.74) is 6.15. The van der Waals surface area contributed by atoms with E-state index in [0.717, 1.165) is 66.6 Å². The molecule has 6 heteroatoms. The third-order valence-electron chi connectivity index (χ3n) is 6.09. The molecule has 1 saturated heterocycles. The second-order valence-corrected chi connectivity index (χ2v) is 8.52. The fourth-order valence-electron chi connectivity index (χ4n) is 4.53. The summed E-state index contributed by atoms with van der Waals surface area (Å²) >= 11 is 0. The lowest BCUT2D eigenvalue weighted by Crippen LogP contribution is -3.14. The number of nitrogens with zero attached hydrogens (tertiary/aromatic N) is 5. The van der Waals surface area contributed by atoms with E-state index >= 15 is 0 Å². The van der Waals surface area contributed by atoms with Gasteiger partial charge < -0.3 is 9.80 Å². The fraction of sp³-hybridized carbons (Fsp3) is 0.320. The third-order valence-corrected chi connectivity index (χ3v) is 6.09. The van der Waals surface area contributed by atoms with Crippen LogP contribution in [0.5, 0.6) is 0 Å². The van der Waals surface area contributed by atoms with E-state index in [9.17, 15) is 0 Å². The number of nitrogens with one attached hydrogen (secondary N) is 1. The minimum atomic E-state index is 0.784. The molecule has 0 amide bonds. The third kappa shape index (κ3) is 3.91. The molecule has 0 spiro atoms. The summed E-state index contributed by atoms with van der Waals surface area (Å²) in [4.78, 5) is 13.5. The van der Waals surface area contributed by atoms with Crippen LogP contribution in [0, 0.1) is 20.8 Å². The summed E-state index contributed by atoms with van der Waals surface area (Å²) in [6.07, 6.45) is 4.52. The highest BCUT2D eigenvalue weighted by Gasteiger charge is 2.23. The summed E-state index contributed by atoms with van der Waals surface area (Å²) < 4.78 is 2.00. The highest BCUT2D eigenvalue weighted by molar-refractivity contribution is 5.93. The Morgan fingerprint density at radius 1 is 0.968 bits per heavy atom. The standard InChI is InChI=1S/C25H28N6/c1-18-16-19(2)26-24-23(18)25-27-20(3)17-22(31(25)28-24)30-14-12-29(13-15-30)11-7-10-21-8-5-4-6-9-21/h4-10,16-17H,11-15H2,1-3H3/p+1/b10-7+. The van der Waals surface area contributed by atoms with Crippen LogP contribution in [0.1, 0.15) is 22.5 Å². The molecule has 4 heterocycles. The number of benzene rings is 1. The zero-order valence-corrected chi connectivity index (χ0v) is 18.5. The molecule has 0 saturated carbocycles. The van der Waals surface area contributed by atoms with Gasteiger partial charge in [-0.15, -0.1) is 5.10 Å². The maximum absolute atomic E-state index is 4.84. The lowest BCUT2D eigenvalue weighted by Gasteiger charge is -2.33. The lowest BCUT2D eigenvalue weighted by molar-refractivity contribution is -0.894. The highest BCUT2D eigenvalue weighted by Crippen LogP contribution is 2.26. The van der Waals surface area contributed by atoms with Crippen molar-refractivity contribution in [1.82, 2.24) is 19.6 Å². The maximum atomic E-state index is 4.84. The molecule has 0 radical (unpaired) electrons. The minimum Gasteiger partial charge on any atom is -0.345 e. The second kappa shape index (κ2) is 8.12.